The number of hydrogen-bond donors (Lipinski definition) is 1. The fourth-order valence-electron chi connectivity index (χ4n) is 4.34. The first-order valence-electron chi connectivity index (χ1n) is 7.39. The molecule has 0 saturated heterocycles. The van der Waals surface area contributed by atoms with Crippen molar-refractivity contribution in [2.75, 3.05) is 5.73 Å². The van der Waals surface area contributed by atoms with Crippen molar-refractivity contribution in [3.8, 4) is 0 Å². The molecule has 0 amide bonds. The molecule has 2 aliphatic carbocycles. The summed E-state index contributed by atoms with van der Waals surface area (Å²) in [6.45, 7) is 6.74. The molecule has 1 aromatic carbocycles. The van der Waals surface area contributed by atoms with Crippen molar-refractivity contribution in [2.45, 2.75) is 46.1 Å². The van der Waals surface area contributed by atoms with Gasteiger partial charge in [0.2, 0.25) is 0 Å². The minimum absolute atomic E-state index is 0.0128. The van der Waals surface area contributed by atoms with Crippen LogP contribution in [0.4, 0.5) is 5.69 Å². The van der Waals surface area contributed by atoms with Gasteiger partial charge in [0.05, 0.1) is 5.56 Å². The molecule has 20 heavy (non-hydrogen) atoms. The molecule has 108 valence electrons. The summed E-state index contributed by atoms with van der Waals surface area (Å²) in [6.07, 6.45) is 3.62. The lowest BCUT2D eigenvalue weighted by Crippen LogP contribution is -2.43. The molecule has 3 rings (SSSR count). The number of carbonyl (C=O) groups excluding carboxylic acids is 1. The van der Waals surface area contributed by atoms with Crippen LogP contribution in [0.25, 0.3) is 0 Å². The number of fused-ring (bicyclic) bond motifs is 2. The second kappa shape index (κ2) is 4.24. The van der Waals surface area contributed by atoms with Crippen LogP contribution in [0.2, 0.25) is 0 Å². The molecular formula is C17H23NO2. The SMILES string of the molecule is CC12CCC(C1)C(C)(C)C2OC(=O)c1ccc(N)cc1. The van der Waals surface area contributed by atoms with E-state index in [4.69, 9.17) is 10.5 Å². The first-order chi connectivity index (χ1) is 9.33. The van der Waals surface area contributed by atoms with Gasteiger partial charge >= 0.3 is 5.97 Å². The number of carbonyl (C=O) groups is 1. The molecule has 0 aliphatic heterocycles. The lowest BCUT2D eigenvalue weighted by Gasteiger charge is -2.41. The predicted molar refractivity (Wildman–Crippen MR) is 79.3 cm³/mol. The fraction of sp³-hybridized carbons (Fsp3) is 0.588. The van der Waals surface area contributed by atoms with Crippen molar-refractivity contribution >= 4 is 11.7 Å². The largest absolute Gasteiger partial charge is 0.458 e. The van der Waals surface area contributed by atoms with Crippen LogP contribution >= 0.6 is 0 Å². The van der Waals surface area contributed by atoms with Gasteiger partial charge in [-0.1, -0.05) is 20.8 Å². The number of ether oxygens (including phenoxy) is 1. The summed E-state index contributed by atoms with van der Waals surface area (Å²) in [5, 5.41) is 0. The molecule has 3 heteroatoms. The van der Waals surface area contributed by atoms with Crippen LogP contribution in [0.15, 0.2) is 24.3 Å². The van der Waals surface area contributed by atoms with E-state index in [1.165, 1.54) is 19.3 Å². The molecule has 2 bridgehead atoms. The van der Waals surface area contributed by atoms with E-state index >= 15 is 0 Å². The second-order valence-corrected chi connectivity index (χ2v) is 7.32. The summed E-state index contributed by atoms with van der Waals surface area (Å²) in [6, 6.07) is 6.95. The quantitative estimate of drug-likeness (QED) is 0.661. The number of nitrogens with two attached hydrogens (primary N) is 1. The highest BCUT2D eigenvalue weighted by molar-refractivity contribution is 5.90. The Balaban J connectivity index is 1.80. The van der Waals surface area contributed by atoms with Crippen LogP contribution in [0, 0.1) is 16.7 Å². The van der Waals surface area contributed by atoms with Gasteiger partial charge < -0.3 is 10.5 Å². The Labute approximate surface area is 120 Å². The van der Waals surface area contributed by atoms with E-state index in [1.807, 2.05) is 0 Å². The van der Waals surface area contributed by atoms with E-state index in [0.717, 1.165) is 0 Å². The first kappa shape index (κ1) is 13.5. The number of rotatable bonds is 2. The zero-order valence-electron chi connectivity index (χ0n) is 12.5. The highest BCUT2D eigenvalue weighted by Gasteiger charge is 2.61. The van der Waals surface area contributed by atoms with E-state index in [9.17, 15) is 4.79 Å². The maximum absolute atomic E-state index is 12.4. The monoisotopic (exact) mass is 273 g/mol. The van der Waals surface area contributed by atoms with E-state index in [2.05, 4.69) is 20.8 Å². The lowest BCUT2D eigenvalue weighted by molar-refractivity contribution is -0.0584. The molecule has 0 spiro atoms. The van der Waals surface area contributed by atoms with E-state index < -0.39 is 0 Å². The summed E-state index contributed by atoms with van der Waals surface area (Å²) >= 11 is 0. The van der Waals surface area contributed by atoms with Crippen molar-refractivity contribution in [3.05, 3.63) is 29.8 Å². The third-order valence-electron chi connectivity index (χ3n) is 5.51. The van der Waals surface area contributed by atoms with Gasteiger partial charge in [0.25, 0.3) is 0 Å². The summed E-state index contributed by atoms with van der Waals surface area (Å²) in [4.78, 5) is 12.4. The van der Waals surface area contributed by atoms with Gasteiger partial charge in [0, 0.05) is 16.5 Å². The first-order valence-corrected chi connectivity index (χ1v) is 7.39. The Morgan fingerprint density at radius 3 is 2.45 bits per heavy atom. The van der Waals surface area contributed by atoms with E-state index in [0.29, 0.717) is 17.2 Å². The predicted octanol–water partition coefficient (Wildman–Crippen LogP) is 3.64. The van der Waals surface area contributed by atoms with Crippen molar-refractivity contribution in [1.29, 1.82) is 0 Å². The number of hydrogen-bond acceptors (Lipinski definition) is 3. The number of benzene rings is 1. The van der Waals surface area contributed by atoms with Gasteiger partial charge in [-0.3, -0.25) is 0 Å². The zero-order valence-corrected chi connectivity index (χ0v) is 12.5. The van der Waals surface area contributed by atoms with Gasteiger partial charge in [-0.2, -0.15) is 0 Å². The minimum atomic E-state index is -0.225. The molecule has 2 N–H and O–H groups in total. The van der Waals surface area contributed by atoms with Crippen molar-refractivity contribution < 1.29 is 9.53 Å². The fourth-order valence-corrected chi connectivity index (χ4v) is 4.34. The van der Waals surface area contributed by atoms with E-state index in [-0.39, 0.29) is 22.9 Å². The Hall–Kier alpha value is -1.51. The molecule has 1 aromatic rings. The number of esters is 1. The summed E-state index contributed by atoms with van der Waals surface area (Å²) in [5.74, 6) is 0.452. The summed E-state index contributed by atoms with van der Waals surface area (Å²) in [5.41, 5.74) is 7.13. The normalized spacial score (nSPS) is 34.1. The van der Waals surface area contributed by atoms with Crippen LogP contribution in [-0.2, 0) is 4.74 Å². The van der Waals surface area contributed by atoms with Crippen LogP contribution in [0.5, 0.6) is 0 Å². The third kappa shape index (κ3) is 1.91. The van der Waals surface area contributed by atoms with Crippen LogP contribution in [-0.4, -0.2) is 12.1 Å². The van der Waals surface area contributed by atoms with Crippen LogP contribution < -0.4 is 5.73 Å². The van der Waals surface area contributed by atoms with Gasteiger partial charge in [-0.25, -0.2) is 4.79 Å². The Bertz CT molecular complexity index is 530. The van der Waals surface area contributed by atoms with Crippen molar-refractivity contribution in [2.24, 2.45) is 16.7 Å². The molecular weight excluding hydrogens is 250 g/mol. The molecule has 2 fully saturated rings. The van der Waals surface area contributed by atoms with Crippen molar-refractivity contribution in [3.63, 3.8) is 0 Å². The second-order valence-electron chi connectivity index (χ2n) is 7.32. The standard InChI is InChI=1S/C17H23NO2/c1-16(2)12-8-9-17(3,10-12)15(16)20-14(19)11-4-6-13(18)7-5-11/h4-7,12,15H,8-10,18H2,1-3H3. The molecule has 0 heterocycles. The maximum Gasteiger partial charge on any atom is 0.338 e. The zero-order chi connectivity index (χ0) is 14.5. The summed E-state index contributed by atoms with van der Waals surface area (Å²) in [7, 11) is 0. The molecule has 3 atom stereocenters. The molecule has 0 aromatic heterocycles. The third-order valence-corrected chi connectivity index (χ3v) is 5.51. The Kier molecular flexibility index (Phi) is 2.86. The maximum atomic E-state index is 12.4. The topological polar surface area (TPSA) is 52.3 Å². The Morgan fingerprint density at radius 1 is 1.25 bits per heavy atom. The van der Waals surface area contributed by atoms with Gasteiger partial charge in [-0.15, -0.1) is 0 Å². The van der Waals surface area contributed by atoms with Crippen molar-refractivity contribution in [1.82, 2.24) is 0 Å². The molecule has 0 radical (unpaired) electrons. The molecule has 2 aliphatic rings. The van der Waals surface area contributed by atoms with Gasteiger partial charge in [0.1, 0.15) is 6.10 Å². The average molecular weight is 273 g/mol. The van der Waals surface area contributed by atoms with Gasteiger partial charge in [-0.05, 0) is 49.4 Å². The van der Waals surface area contributed by atoms with Crippen LogP contribution in [0.3, 0.4) is 0 Å². The molecule has 2 saturated carbocycles. The van der Waals surface area contributed by atoms with Gasteiger partial charge in [0.15, 0.2) is 0 Å². The molecule has 3 unspecified atom stereocenters. The lowest BCUT2D eigenvalue weighted by atomic mass is 9.70. The Morgan fingerprint density at radius 2 is 1.90 bits per heavy atom. The van der Waals surface area contributed by atoms with E-state index in [1.54, 1.807) is 24.3 Å². The summed E-state index contributed by atoms with van der Waals surface area (Å²) < 4.78 is 5.91. The number of nitrogen functional groups attached to an aromatic ring is 1. The van der Waals surface area contributed by atoms with Crippen LogP contribution in [0.1, 0.15) is 50.4 Å². The highest BCUT2D eigenvalue weighted by atomic mass is 16.5. The highest BCUT2D eigenvalue weighted by Crippen LogP contribution is 2.63. The number of anilines is 1. The molecule has 3 nitrogen and oxygen atoms in total. The minimum Gasteiger partial charge on any atom is -0.458 e. The smallest absolute Gasteiger partial charge is 0.338 e. The average Bonchev–Trinajstić information content (AvgIpc) is 2.86.